The Labute approximate surface area is 105 Å². The van der Waals surface area contributed by atoms with E-state index in [9.17, 15) is 5.11 Å². The van der Waals surface area contributed by atoms with Gasteiger partial charge in [-0.2, -0.15) is 0 Å². The summed E-state index contributed by atoms with van der Waals surface area (Å²) in [5.74, 6) is 0.337. The van der Waals surface area contributed by atoms with Gasteiger partial charge in [0.2, 0.25) is 0 Å². The van der Waals surface area contributed by atoms with E-state index < -0.39 is 0 Å². The van der Waals surface area contributed by atoms with Gasteiger partial charge in [-0.3, -0.25) is 4.90 Å². The fraction of sp³-hybridized carbons (Fsp3) is 0.571. The molecular formula is C14H24N2O. The lowest BCUT2D eigenvalue weighted by Crippen LogP contribution is -2.26. The van der Waals surface area contributed by atoms with E-state index in [1.54, 1.807) is 12.1 Å². The van der Waals surface area contributed by atoms with Crippen LogP contribution in [-0.4, -0.2) is 48.6 Å². The Morgan fingerprint density at radius 3 is 2.24 bits per heavy atom. The van der Waals surface area contributed by atoms with E-state index in [4.69, 9.17) is 0 Å². The molecule has 0 saturated carbocycles. The van der Waals surface area contributed by atoms with E-state index in [2.05, 4.69) is 30.8 Å². The van der Waals surface area contributed by atoms with Crippen LogP contribution < -0.4 is 0 Å². The second kappa shape index (κ2) is 7.30. The zero-order valence-electron chi connectivity index (χ0n) is 11.2. The first kappa shape index (κ1) is 14.0. The lowest BCUT2D eigenvalue weighted by molar-refractivity contribution is 0.259. The van der Waals surface area contributed by atoms with E-state index in [0.29, 0.717) is 5.75 Å². The Balaban J connectivity index is 2.38. The average molecular weight is 236 g/mol. The Bertz CT molecular complexity index is 309. The SMILES string of the molecule is CCN(CCCN(C)C)Cc1ccc(O)cc1. The van der Waals surface area contributed by atoms with Crippen LogP contribution in [0.2, 0.25) is 0 Å². The second-order valence-corrected chi connectivity index (χ2v) is 4.69. The van der Waals surface area contributed by atoms with Crippen LogP contribution in [0.3, 0.4) is 0 Å². The van der Waals surface area contributed by atoms with Gasteiger partial charge in [0.1, 0.15) is 5.75 Å². The predicted molar refractivity (Wildman–Crippen MR) is 72.2 cm³/mol. The molecule has 3 heteroatoms. The Kier molecular flexibility index (Phi) is 6.01. The van der Waals surface area contributed by atoms with Crippen LogP contribution in [0, 0.1) is 0 Å². The summed E-state index contributed by atoms with van der Waals surface area (Å²) in [6, 6.07) is 7.49. The number of nitrogens with zero attached hydrogens (tertiary/aromatic N) is 2. The smallest absolute Gasteiger partial charge is 0.115 e. The van der Waals surface area contributed by atoms with E-state index >= 15 is 0 Å². The minimum atomic E-state index is 0.337. The first-order valence-corrected chi connectivity index (χ1v) is 6.26. The van der Waals surface area contributed by atoms with Gasteiger partial charge in [-0.05, 0) is 57.8 Å². The average Bonchev–Trinajstić information content (AvgIpc) is 2.30. The molecule has 0 aliphatic carbocycles. The molecule has 1 aromatic carbocycles. The molecule has 1 N–H and O–H groups in total. The fourth-order valence-corrected chi connectivity index (χ4v) is 1.82. The van der Waals surface area contributed by atoms with Crippen LogP contribution in [0.4, 0.5) is 0 Å². The predicted octanol–water partition coefficient (Wildman–Crippen LogP) is 2.17. The molecule has 3 nitrogen and oxygen atoms in total. The minimum Gasteiger partial charge on any atom is -0.508 e. The summed E-state index contributed by atoms with van der Waals surface area (Å²) in [6.45, 7) is 6.47. The summed E-state index contributed by atoms with van der Waals surface area (Å²) in [4.78, 5) is 4.64. The van der Waals surface area contributed by atoms with E-state index in [-0.39, 0.29) is 0 Å². The molecule has 0 aromatic heterocycles. The summed E-state index contributed by atoms with van der Waals surface area (Å²) in [7, 11) is 4.21. The lowest BCUT2D eigenvalue weighted by Gasteiger charge is -2.21. The van der Waals surface area contributed by atoms with Crippen molar-refractivity contribution in [2.45, 2.75) is 19.9 Å². The molecule has 0 fully saturated rings. The van der Waals surface area contributed by atoms with Crippen LogP contribution in [-0.2, 0) is 6.54 Å². The van der Waals surface area contributed by atoms with Gasteiger partial charge in [0.25, 0.3) is 0 Å². The summed E-state index contributed by atoms with van der Waals surface area (Å²) in [5, 5.41) is 9.23. The van der Waals surface area contributed by atoms with Gasteiger partial charge < -0.3 is 10.0 Å². The first-order chi connectivity index (χ1) is 8.11. The molecule has 0 aliphatic rings. The molecule has 0 saturated heterocycles. The van der Waals surface area contributed by atoms with Crippen LogP contribution >= 0.6 is 0 Å². The summed E-state index contributed by atoms with van der Waals surface area (Å²) in [6.07, 6.45) is 1.19. The molecule has 17 heavy (non-hydrogen) atoms. The summed E-state index contributed by atoms with van der Waals surface area (Å²) in [5.41, 5.74) is 1.26. The summed E-state index contributed by atoms with van der Waals surface area (Å²) >= 11 is 0. The van der Waals surface area contributed by atoms with E-state index in [0.717, 1.165) is 26.2 Å². The molecule has 1 rings (SSSR count). The fourth-order valence-electron chi connectivity index (χ4n) is 1.82. The quantitative estimate of drug-likeness (QED) is 0.786. The number of hydrogen-bond acceptors (Lipinski definition) is 3. The number of hydrogen-bond donors (Lipinski definition) is 1. The molecule has 0 aliphatic heterocycles. The highest BCUT2D eigenvalue weighted by Crippen LogP contribution is 2.11. The lowest BCUT2D eigenvalue weighted by atomic mass is 10.2. The standard InChI is InChI=1S/C14H24N2O/c1-4-16(11-5-10-15(2)3)12-13-6-8-14(17)9-7-13/h6-9,17H,4-5,10-12H2,1-3H3. The van der Waals surface area contributed by atoms with Gasteiger partial charge >= 0.3 is 0 Å². The number of benzene rings is 1. The molecule has 0 unspecified atom stereocenters. The van der Waals surface area contributed by atoms with Crippen molar-refractivity contribution in [1.29, 1.82) is 0 Å². The summed E-state index contributed by atoms with van der Waals surface area (Å²) < 4.78 is 0. The molecule has 0 atom stereocenters. The van der Waals surface area contributed by atoms with E-state index in [1.807, 2.05) is 12.1 Å². The van der Waals surface area contributed by atoms with Crippen molar-refractivity contribution in [3.8, 4) is 5.75 Å². The van der Waals surface area contributed by atoms with Crippen LogP contribution in [0.25, 0.3) is 0 Å². The zero-order chi connectivity index (χ0) is 12.7. The third-order valence-electron chi connectivity index (χ3n) is 2.87. The van der Waals surface area contributed by atoms with Crippen molar-refractivity contribution < 1.29 is 5.11 Å². The molecule has 96 valence electrons. The topological polar surface area (TPSA) is 26.7 Å². The third-order valence-corrected chi connectivity index (χ3v) is 2.87. The zero-order valence-corrected chi connectivity index (χ0v) is 11.2. The highest BCUT2D eigenvalue weighted by atomic mass is 16.3. The first-order valence-electron chi connectivity index (χ1n) is 6.26. The van der Waals surface area contributed by atoms with Crippen molar-refractivity contribution in [2.24, 2.45) is 0 Å². The van der Waals surface area contributed by atoms with Crippen LogP contribution in [0.15, 0.2) is 24.3 Å². The molecule has 1 aromatic rings. The van der Waals surface area contributed by atoms with Gasteiger partial charge in [-0.1, -0.05) is 19.1 Å². The molecule has 0 spiro atoms. The number of aromatic hydroxyl groups is 1. The van der Waals surface area contributed by atoms with Crippen molar-refractivity contribution in [1.82, 2.24) is 9.80 Å². The highest BCUT2D eigenvalue weighted by molar-refractivity contribution is 5.25. The maximum absolute atomic E-state index is 9.23. The maximum Gasteiger partial charge on any atom is 0.115 e. The van der Waals surface area contributed by atoms with Gasteiger partial charge in [-0.25, -0.2) is 0 Å². The molecule has 0 radical (unpaired) electrons. The van der Waals surface area contributed by atoms with Crippen LogP contribution in [0.1, 0.15) is 18.9 Å². The monoisotopic (exact) mass is 236 g/mol. The normalized spacial score (nSPS) is 11.4. The molecule has 0 heterocycles. The Hall–Kier alpha value is -1.06. The number of phenolic OH excluding ortho intramolecular Hbond substituents is 1. The minimum absolute atomic E-state index is 0.337. The van der Waals surface area contributed by atoms with Gasteiger partial charge in [-0.15, -0.1) is 0 Å². The maximum atomic E-state index is 9.23. The van der Waals surface area contributed by atoms with E-state index in [1.165, 1.54) is 12.0 Å². The second-order valence-electron chi connectivity index (χ2n) is 4.69. The van der Waals surface area contributed by atoms with Crippen LogP contribution in [0.5, 0.6) is 5.75 Å². The van der Waals surface area contributed by atoms with Crippen molar-refractivity contribution in [2.75, 3.05) is 33.7 Å². The highest BCUT2D eigenvalue weighted by Gasteiger charge is 2.03. The number of phenols is 1. The van der Waals surface area contributed by atoms with Gasteiger partial charge in [0.05, 0.1) is 0 Å². The molecule has 0 amide bonds. The molecule has 0 bridgehead atoms. The van der Waals surface area contributed by atoms with Crippen molar-refractivity contribution in [3.63, 3.8) is 0 Å². The molecular weight excluding hydrogens is 212 g/mol. The number of rotatable bonds is 7. The van der Waals surface area contributed by atoms with Gasteiger partial charge in [0.15, 0.2) is 0 Å². The Morgan fingerprint density at radius 1 is 1.06 bits per heavy atom. The largest absolute Gasteiger partial charge is 0.508 e. The third kappa shape index (κ3) is 5.71. The van der Waals surface area contributed by atoms with Gasteiger partial charge in [0, 0.05) is 6.54 Å². The van der Waals surface area contributed by atoms with Crippen molar-refractivity contribution in [3.05, 3.63) is 29.8 Å². The van der Waals surface area contributed by atoms with Crippen molar-refractivity contribution >= 4 is 0 Å². The Morgan fingerprint density at radius 2 is 1.71 bits per heavy atom.